The molecule has 1 amide bonds. The molecule has 0 bridgehead atoms. The number of hydrogen-bond acceptors (Lipinski definition) is 3. The largest absolute Gasteiger partial charge is 0.396 e. The number of carbonyl (C=O) groups is 1. The third kappa shape index (κ3) is 2.69. The zero-order valence-electron chi connectivity index (χ0n) is 8.62. The molecule has 0 aliphatic heterocycles. The molecule has 82 valence electrons. The van der Waals surface area contributed by atoms with Crippen LogP contribution in [0.5, 0.6) is 0 Å². The molecule has 0 saturated heterocycles. The number of carbonyl (C=O) groups excluding carboxylic acids is 1. The molecule has 1 fully saturated rings. The first-order valence-electron chi connectivity index (χ1n) is 5.11. The molecule has 4 heteroatoms. The van der Waals surface area contributed by atoms with E-state index in [1.807, 2.05) is 0 Å². The molecule has 4 nitrogen and oxygen atoms in total. The van der Waals surface area contributed by atoms with Crippen LogP contribution < -0.4 is 5.32 Å². The maximum atomic E-state index is 10.7. The molecule has 0 spiro atoms. The molecule has 1 rings (SSSR count). The van der Waals surface area contributed by atoms with E-state index >= 15 is 0 Å². The summed E-state index contributed by atoms with van der Waals surface area (Å²) in [5.74, 6) is -0.0105. The molecule has 0 unspecified atom stereocenters. The smallest absolute Gasteiger partial charge is 0.217 e. The molecule has 0 aromatic heterocycles. The highest BCUT2D eigenvalue weighted by Gasteiger charge is 2.43. The summed E-state index contributed by atoms with van der Waals surface area (Å²) in [5.41, 5.74) is -0.0458. The molecule has 0 heterocycles. The summed E-state index contributed by atoms with van der Waals surface area (Å²) in [6.45, 7) is 1.84. The Morgan fingerprint density at radius 2 is 2.14 bits per heavy atom. The summed E-state index contributed by atoms with van der Waals surface area (Å²) in [6.07, 6.45) is 3.25. The number of aliphatic hydroxyl groups excluding tert-OH is 2. The SMILES string of the molecule is CC(=O)NC1CC(CO)(CCCO)C1. The molecule has 3 N–H and O–H groups in total. The molecule has 0 radical (unpaired) electrons. The number of amides is 1. The molecular weight excluding hydrogens is 182 g/mol. The molecule has 0 aromatic carbocycles. The predicted molar refractivity (Wildman–Crippen MR) is 52.7 cm³/mol. The van der Waals surface area contributed by atoms with Crippen LogP contribution in [-0.2, 0) is 4.79 Å². The van der Waals surface area contributed by atoms with Crippen molar-refractivity contribution in [2.24, 2.45) is 5.41 Å². The summed E-state index contributed by atoms with van der Waals surface area (Å²) in [6, 6.07) is 0.221. The van der Waals surface area contributed by atoms with Crippen molar-refractivity contribution in [2.75, 3.05) is 13.2 Å². The van der Waals surface area contributed by atoms with E-state index in [0.717, 1.165) is 25.7 Å². The summed E-state index contributed by atoms with van der Waals surface area (Å²) < 4.78 is 0. The summed E-state index contributed by atoms with van der Waals surface area (Å²) in [7, 11) is 0. The van der Waals surface area contributed by atoms with Gasteiger partial charge >= 0.3 is 0 Å². The van der Waals surface area contributed by atoms with Crippen molar-refractivity contribution in [2.45, 2.75) is 38.6 Å². The second-order valence-corrected chi connectivity index (χ2v) is 4.29. The minimum atomic E-state index is -0.0458. The van der Waals surface area contributed by atoms with Gasteiger partial charge in [0.1, 0.15) is 0 Å². The summed E-state index contributed by atoms with van der Waals surface area (Å²) >= 11 is 0. The normalized spacial score (nSPS) is 30.9. The number of hydrogen-bond donors (Lipinski definition) is 3. The molecule has 1 aliphatic carbocycles. The van der Waals surface area contributed by atoms with E-state index in [0.29, 0.717) is 0 Å². The van der Waals surface area contributed by atoms with Gasteiger partial charge in [-0.2, -0.15) is 0 Å². The lowest BCUT2D eigenvalue weighted by Crippen LogP contribution is -2.52. The second-order valence-electron chi connectivity index (χ2n) is 4.29. The average Bonchev–Trinajstić information content (AvgIpc) is 2.08. The number of rotatable bonds is 5. The fourth-order valence-corrected chi connectivity index (χ4v) is 2.24. The van der Waals surface area contributed by atoms with Gasteiger partial charge in [-0.05, 0) is 31.1 Å². The Labute approximate surface area is 84.3 Å². The van der Waals surface area contributed by atoms with Gasteiger partial charge in [-0.3, -0.25) is 4.79 Å². The molecule has 0 aromatic rings. The fourth-order valence-electron chi connectivity index (χ4n) is 2.24. The van der Waals surface area contributed by atoms with Crippen LogP contribution in [0.4, 0.5) is 0 Å². The van der Waals surface area contributed by atoms with Gasteiger partial charge in [-0.25, -0.2) is 0 Å². The van der Waals surface area contributed by atoms with Gasteiger partial charge in [0.15, 0.2) is 0 Å². The minimum absolute atomic E-state index is 0.0105. The van der Waals surface area contributed by atoms with E-state index in [9.17, 15) is 9.90 Å². The van der Waals surface area contributed by atoms with Gasteiger partial charge in [-0.15, -0.1) is 0 Å². The first-order chi connectivity index (χ1) is 6.62. The first kappa shape index (κ1) is 11.5. The monoisotopic (exact) mass is 201 g/mol. The fraction of sp³-hybridized carbons (Fsp3) is 0.900. The first-order valence-corrected chi connectivity index (χ1v) is 5.11. The quantitative estimate of drug-likeness (QED) is 0.588. The molecule has 0 atom stereocenters. The maximum absolute atomic E-state index is 10.7. The van der Waals surface area contributed by atoms with Gasteiger partial charge in [-0.1, -0.05) is 0 Å². The van der Waals surface area contributed by atoms with Crippen molar-refractivity contribution in [3.63, 3.8) is 0 Å². The lowest BCUT2D eigenvalue weighted by atomic mass is 9.63. The molecule has 14 heavy (non-hydrogen) atoms. The highest BCUT2D eigenvalue weighted by atomic mass is 16.3. The van der Waals surface area contributed by atoms with E-state index < -0.39 is 0 Å². The van der Waals surface area contributed by atoms with E-state index in [4.69, 9.17) is 5.11 Å². The van der Waals surface area contributed by atoms with Gasteiger partial charge in [0.2, 0.25) is 5.91 Å². The van der Waals surface area contributed by atoms with E-state index in [1.54, 1.807) is 0 Å². The lowest BCUT2D eigenvalue weighted by molar-refractivity contribution is -0.122. The summed E-state index contributed by atoms with van der Waals surface area (Å²) in [4.78, 5) is 10.7. The van der Waals surface area contributed by atoms with Gasteiger partial charge in [0.25, 0.3) is 0 Å². The molecular formula is C10H19NO3. The second kappa shape index (κ2) is 4.75. The Bertz CT molecular complexity index is 200. The minimum Gasteiger partial charge on any atom is -0.396 e. The third-order valence-electron chi connectivity index (χ3n) is 2.97. The van der Waals surface area contributed by atoms with Crippen LogP contribution in [0.1, 0.15) is 32.6 Å². The van der Waals surface area contributed by atoms with Gasteiger partial charge in [0, 0.05) is 26.2 Å². The number of nitrogens with one attached hydrogen (secondary N) is 1. The molecule has 1 aliphatic rings. The highest BCUT2D eigenvalue weighted by Crippen LogP contribution is 2.44. The standard InChI is InChI=1S/C10H19NO3/c1-8(14)11-9-5-10(6-9,7-13)3-2-4-12/h9,12-13H,2-7H2,1H3,(H,11,14). The maximum Gasteiger partial charge on any atom is 0.217 e. The zero-order valence-corrected chi connectivity index (χ0v) is 8.62. The summed E-state index contributed by atoms with van der Waals surface area (Å²) in [5, 5.41) is 20.8. The molecule has 1 saturated carbocycles. The highest BCUT2D eigenvalue weighted by molar-refractivity contribution is 5.73. The van der Waals surface area contributed by atoms with Crippen LogP contribution in [0.2, 0.25) is 0 Å². The van der Waals surface area contributed by atoms with Crippen LogP contribution in [0, 0.1) is 5.41 Å². The van der Waals surface area contributed by atoms with Crippen molar-refractivity contribution < 1.29 is 15.0 Å². The Morgan fingerprint density at radius 3 is 2.57 bits per heavy atom. The van der Waals surface area contributed by atoms with E-state index in [1.165, 1.54) is 6.92 Å². The van der Waals surface area contributed by atoms with Crippen molar-refractivity contribution in [1.82, 2.24) is 5.32 Å². The van der Waals surface area contributed by atoms with Crippen LogP contribution >= 0.6 is 0 Å². The third-order valence-corrected chi connectivity index (χ3v) is 2.97. The Balaban J connectivity index is 2.29. The Morgan fingerprint density at radius 1 is 1.50 bits per heavy atom. The van der Waals surface area contributed by atoms with Crippen LogP contribution in [0.25, 0.3) is 0 Å². The van der Waals surface area contributed by atoms with Gasteiger partial charge < -0.3 is 15.5 Å². The van der Waals surface area contributed by atoms with Crippen molar-refractivity contribution in [1.29, 1.82) is 0 Å². The zero-order chi connectivity index (χ0) is 10.6. The van der Waals surface area contributed by atoms with Crippen molar-refractivity contribution in [3.05, 3.63) is 0 Å². The topological polar surface area (TPSA) is 69.6 Å². The van der Waals surface area contributed by atoms with E-state index in [-0.39, 0.29) is 30.6 Å². The Kier molecular flexibility index (Phi) is 3.89. The van der Waals surface area contributed by atoms with Crippen LogP contribution in [0.15, 0.2) is 0 Å². The predicted octanol–water partition coefficient (Wildman–Crippen LogP) is 0.0361. The van der Waals surface area contributed by atoms with E-state index in [2.05, 4.69) is 5.32 Å². The Hall–Kier alpha value is -0.610. The van der Waals surface area contributed by atoms with Crippen molar-refractivity contribution >= 4 is 5.91 Å². The van der Waals surface area contributed by atoms with Gasteiger partial charge in [0.05, 0.1) is 0 Å². The van der Waals surface area contributed by atoms with Crippen molar-refractivity contribution in [3.8, 4) is 0 Å². The lowest BCUT2D eigenvalue weighted by Gasteiger charge is -2.47. The van der Waals surface area contributed by atoms with Crippen LogP contribution in [-0.4, -0.2) is 35.4 Å². The average molecular weight is 201 g/mol. The van der Waals surface area contributed by atoms with Crippen LogP contribution in [0.3, 0.4) is 0 Å². The number of aliphatic hydroxyl groups is 2.